The number of para-hydroxylation sites is 1. The summed E-state index contributed by atoms with van der Waals surface area (Å²) in [4.78, 5) is 29.5. The molecule has 1 amide bonds. The van der Waals surface area contributed by atoms with Crippen LogP contribution in [0.4, 0.5) is 5.69 Å². The van der Waals surface area contributed by atoms with Gasteiger partial charge in [-0.1, -0.05) is 12.1 Å². The Hall–Kier alpha value is -3.81. The largest absolute Gasteiger partial charge is 0.490 e. The number of aromatic nitrogens is 2. The third-order valence-corrected chi connectivity index (χ3v) is 4.70. The van der Waals surface area contributed by atoms with Crippen molar-refractivity contribution in [3.8, 4) is 11.5 Å². The zero-order valence-corrected chi connectivity index (χ0v) is 15.4. The highest BCUT2D eigenvalue weighted by Gasteiger charge is 2.16. The van der Waals surface area contributed by atoms with Crippen molar-refractivity contribution >= 4 is 33.7 Å². The Morgan fingerprint density at radius 3 is 2.83 bits per heavy atom. The number of amides is 1. The molecule has 3 heterocycles. The van der Waals surface area contributed by atoms with E-state index in [1.54, 1.807) is 24.3 Å². The third-order valence-electron chi connectivity index (χ3n) is 4.70. The second kappa shape index (κ2) is 6.97. The number of carbonyl (C=O) groups is 1. The zero-order valence-electron chi connectivity index (χ0n) is 15.4. The van der Waals surface area contributed by atoms with Crippen molar-refractivity contribution in [2.24, 2.45) is 0 Å². The van der Waals surface area contributed by atoms with Crippen molar-refractivity contribution in [3.63, 3.8) is 0 Å². The van der Waals surface area contributed by atoms with Crippen LogP contribution >= 0.6 is 0 Å². The van der Waals surface area contributed by atoms with E-state index in [0.29, 0.717) is 41.5 Å². The Morgan fingerprint density at radius 1 is 1.10 bits per heavy atom. The van der Waals surface area contributed by atoms with Gasteiger partial charge in [0.1, 0.15) is 17.6 Å². The molecule has 0 saturated heterocycles. The summed E-state index contributed by atoms with van der Waals surface area (Å²) in [7, 11) is 0. The quantitative estimate of drug-likeness (QED) is 0.577. The maximum absolute atomic E-state index is 12.7. The minimum absolute atomic E-state index is 0.136. The van der Waals surface area contributed by atoms with Gasteiger partial charge in [0.2, 0.25) is 11.5 Å². The van der Waals surface area contributed by atoms with Crippen LogP contribution in [0.2, 0.25) is 0 Å². The molecule has 2 aromatic heterocycles. The van der Waals surface area contributed by atoms with Crippen molar-refractivity contribution in [1.82, 2.24) is 9.55 Å². The summed E-state index contributed by atoms with van der Waals surface area (Å²) in [5.41, 5.74) is 1.37. The smallest absolute Gasteiger partial charge is 0.297 e. The van der Waals surface area contributed by atoms with E-state index in [0.717, 1.165) is 11.8 Å². The summed E-state index contributed by atoms with van der Waals surface area (Å²) >= 11 is 0. The van der Waals surface area contributed by atoms with Crippen molar-refractivity contribution in [3.05, 3.63) is 59.1 Å². The van der Waals surface area contributed by atoms with E-state index in [2.05, 4.69) is 10.3 Å². The molecule has 0 fully saturated rings. The van der Waals surface area contributed by atoms with Gasteiger partial charge in [-0.2, -0.15) is 0 Å². The number of anilines is 1. The number of hydrogen-bond donors (Lipinski definition) is 1. The third kappa shape index (κ3) is 3.18. The summed E-state index contributed by atoms with van der Waals surface area (Å²) in [6.07, 6.45) is 2.16. The Kier molecular flexibility index (Phi) is 4.16. The molecular formula is C21H17N3O5. The van der Waals surface area contributed by atoms with Gasteiger partial charge in [0, 0.05) is 23.6 Å². The SMILES string of the molecule is O=C(Cn1cnc2c(oc3ccccc32)c1=O)Nc1ccc2c(c1)OCCCO2. The minimum atomic E-state index is -0.403. The Bertz CT molecular complexity index is 1290. The van der Waals surface area contributed by atoms with Crippen LogP contribution in [0.25, 0.3) is 22.1 Å². The van der Waals surface area contributed by atoms with Gasteiger partial charge in [-0.3, -0.25) is 14.2 Å². The van der Waals surface area contributed by atoms with Crippen LogP contribution in [0.15, 0.2) is 58.0 Å². The van der Waals surface area contributed by atoms with Crippen LogP contribution in [-0.2, 0) is 11.3 Å². The van der Waals surface area contributed by atoms with Gasteiger partial charge < -0.3 is 19.2 Å². The molecule has 0 radical (unpaired) electrons. The molecule has 0 unspecified atom stereocenters. The molecule has 1 N–H and O–H groups in total. The van der Waals surface area contributed by atoms with E-state index in [4.69, 9.17) is 13.9 Å². The molecule has 0 aliphatic carbocycles. The minimum Gasteiger partial charge on any atom is -0.490 e. The first-order chi connectivity index (χ1) is 14.2. The lowest BCUT2D eigenvalue weighted by Crippen LogP contribution is -2.27. The summed E-state index contributed by atoms with van der Waals surface area (Å²) < 4.78 is 18.1. The monoisotopic (exact) mass is 391 g/mol. The fraction of sp³-hybridized carbons (Fsp3) is 0.190. The first kappa shape index (κ1) is 17.3. The number of nitrogens with one attached hydrogen (secondary N) is 1. The number of carbonyl (C=O) groups excluding carboxylic acids is 1. The maximum Gasteiger partial charge on any atom is 0.297 e. The highest BCUT2D eigenvalue weighted by Crippen LogP contribution is 2.32. The highest BCUT2D eigenvalue weighted by atomic mass is 16.5. The second-order valence-electron chi connectivity index (χ2n) is 6.71. The van der Waals surface area contributed by atoms with Crippen LogP contribution in [-0.4, -0.2) is 28.7 Å². The number of furan rings is 1. The van der Waals surface area contributed by atoms with Gasteiger partial charge in [-0.05, 0) is 24.3 Å². The molecule has 146 valence electrons. The molecule has 0 atom stereocenters. The number of hydrogen-bond acceptors (Lipinski definition) is 6. The normalized spacial score (nSPS) is 13.4. The summed E-state index contributed by atoms with van der Waals surface area (Å²) in [5, 5.41) is 3.54. The van der Waals surface area contributed by atoms with Crippen molar-refractivity contribution in [1.29, 1.82) is 0 Å². The highest BCUT2D eigenvalue weighted by molar-refractivity contribution is 6.01. The van der Waals surface area contributed by atoms with Crippen LogP contribution in [0.5, 0.6) is 11.5 Å². The Labute approximate surface area is 164 Å². The molecule has 8 nitrogen and oxygen atoms in total. The average Bonchev–Trinajstić information content (AvgIpc) is 2.94. The summed E-state index contributed by atoms with van der Waals surface area (Å²) in [5.74, 6) is 0.873. The maximum atomic E-state index is 12.7. The first-order valence-corrected chi connectivity index (χ1v) is 9.25. The predicted octanol–water partition coefficient (Wildman–Crippen LogP) is 2.94. The van der Waals surface area contributed by atoms with E-state index >= 15 is 0 Å². The molecule has 4 aromatic rings. The Balaban J connectivity index is 1.39. The van der Waals surface area contributed by atoms with Crippen molar-refractivity contribution in [2.45, 2.75) is 13.0 Å². The molecule has 2 aromatic carbocycles. The predicted molar refractivity (Wildman–Crippen MR) is 106 cm³/mol. The van der Waals surface area contributed by atoms with E-state index in [9.17, 15) is 9.59 Å². The molecule has 0 bridgehead atoms. The molecular weight excluding hydrogens is 374 g/mol. The lowest BCUT2D eigenvalue weighted by Gasteiger charge is -2.11. The van der Waals surface area contributed by atoms with Gasteiger partial charge in [0.25, 0.3) is 5.56 Å². The Morgan fingerprint density at radius 2 is 1.93 bits per heavy atom. The molecule has 1 aliphatic heterocycles. The van der Waals surface area contributed by atoms with Crippen LogP contribution in [0, 0.1) is 0 Å². The van der Waals surface area contributed by atoms with E-state index in [1.807, 2.05) is 18.2 Å². The summed E-state index contributed by atoms with van der Waals surface area (Å²) in [6.45, 7) is 0.967. The average molecular weight is 391 g/mol. The number of benzene rings is 2. The first-order valence-electron chi connectivity index (χ1n) is 9.25. The van der Waals surface area contributed by atoms with Crippen LogP contribution in [0.1, 0.15) is 6.42 Å². The topological polar surface area (TPSA) is 95.6 Å². The zero-order chi connectivity index (χ0) is 19.8. The number of ether oxygens (including phenoxy) is 2. The lowest BCUT2D eigenvalue weighted by molar-refractivity contribution is -0.116. The second-order valence-corrected chi connectivity index (χ2v) is 6.71. The number of nitrogens with zero attached hydrogens (tertiary/aromatic N) is 2. The molecule has 5 rings (SSSR count). The van der Waals surface area contributed by atoms with Crippen molar-refractivity contribution < 1.29 is 18.7 Å². The van der Waals surface area contributed by atoms with Gasteiger partial charge in [0.15, 0.2) is 11.5 Å². The molecule has 29 heavy (non-hydrogen) atoms. The number of fused-ring (bicyclic) bond motifs is 4. The summed E-state index contributed by atoms with van der Waals surface area (Å²) in [6, 6.07) is 12.5. The molecule has 0 saturated carbocycles. The molecule has 0 spiro atoms. The van der Waals surface area contributed by atoms with Gasteiger partial charge >= 0.3 is 0 Å². The lowest BCUT2D eigenvalue weighted by atomic mass is 10.2. The van der Waals surface area contributed by atoms with Crippen molar-refractivity contribution in [2.75, 3.05) is 18.5 Å². The van der Waals surface area contributed by atoms with Crippen LogP contribution < -0.4 is 20.3 Å². The van der Waals surface area contributed by atoms with Gasteiger partial charge in [-0.15, -0.1) is 0 Å². The fourth-order valence-electron chi connectivity index (χ4n) is 3.32. The van der Waals surface area contributed by atoms with Crippen LogP contribution in [0.3, 0.4) is 0 Å². The van der Waals surface area contributed by atoms with Gasteiger partial charge in [0.05, 0.1) is 19.5 Å². The molecule has 8 heteroatoms. The van der Waals surface area contributed by atoms with E-state index in [-0.39, 0.29) is 18.0 Å². The standard InChI is InChI=1S/C21H17N3O5/c25-18(23-13-6-7-16-17(10-13)28-9-3-8-27-16)11-24-12-22-19-14-4-1-2-5-15(14)29-20(19)21(24)26/h1-2,4-7,10,12H,3,8-9,11H2,(H,23,25). The fourth-order valence-corrected chi connectivity index (χ4v) is 3.32. The number of rotatable bonds is 3. The van der Waals surface area contributed by atoms with E-state index in [1.165, 1.54) is 10.9 Å². The molecule has 1 aliphatic rings. The van der Waals surface area contributed by atoms with E-state index < -0.39 is 5.56 Å². The van der Waals surface area contributed by atoms with Gasteiger partial charge in [-0.25, -0.2) is 4.98 Å².